The van der Waals surface area contributed by atoms with Crippen molar-refractivity contribution in [1.82, 2.24) is 0 Å². The summed E-state index contributed by atoms with van der Waals surface area (Å²) in [6.07, 6.45) is 7.46. The molecular weight excluding hydrogens is 142 g/mol. The van der Waals surface area contributed by atoms with Crippen molar-refractivity contribution in [3.05, 3.63) is 47.6 Å². The smallest absolute Gasteiger partial charge is 0.142 e. The van der Waals surface area contributed by atoms with E-state index in [1.165, 1.54) is 12.2 Å². The van der Waals surface area contributed by atoms with E-state index in [9.17, 15) is 0 Å². The van der Waals surface area contributed by atoms with Crippen molar-refractivity contribution in [3.63, 3.8) is 0 Å². The number of rotatable bonds is 0. The van der Waals surface area contributed by atoms with Crippen molar-refractivity contribution in [3.8, 4) is 0 Å². The zero-order valence-electron chi connectivity index (χ0n) is 5.86. The lowest BCUT2D eigenvalue weighted by Crippen LogP contribution is -2.01. The monoisotopic (exact) mass is 151 g/mol. The van der Waals surface area contributed by atoms with Crippen LogP contribution in [-0.4, -0.2) is 10.2 Å². The van der Waals surface area contributed by atoms with Crippen molar-refractivity contribution >= 4 is 0 Å². The highest BCUT2D eigenvalue weighted by Crippen LogP contribution is 2.06. The van der Waals surface area contributed by atoms with Crippen LogP contribution in [0.3, 0.4) is 0 Å². The van der Waals surface area contributed by atoms with Gasteiger partial charge in [-0.2, -0.15) is 0 Å². The average molecular weight is 151 g/mol. The van der Waals surface area contributed by atoms with Gasteiger partial charge in [-0.15, -0.1) is 0 Å². The van der Waals surface area contributed by atoms with Gasteiger partial charge in [-0.05, 0) is 12.2 Å². The van der Waals surface area contributed by atoms with Crippen molar-refractivity contribution in [1.29, 1.82) is 0 Å². The molecule has 0 spiro atoms. The van der Waals surface area contributed by atoms with Gasteiger partial charge in [0, 0.05) is 6.08 Å². The largest absolute Gasteiger partial charge is 0.508 e. The van der Waals surface area contributed by atoms with Crippen LogP contribution in [0.25, 0.3) is 0 Å². The molecule has 11 heavy (non-hydrogen) atoms. The maximum atomic E-state index is 9.09. The quantitative estimate of drug-likeness (QED) is 0.488. The molecule has 0 fully saturated rings. The molecule has 0 aromatic rings. The topological polar surface area (TPSA) is 66.5 Å². The summed E-state index contributed by atoms with van der Waals surface area (Å²) in [5, 5.41) is 18.1. The Morgan fingerprint density at radius 1 is 1.09 bits per heavy atom. The third-order valence-corrected chi connectivity index (χ3v) is 1.23. The van der Waals surface area contributed by atoms with Gasteiger partial charge < -0.3 is 15.9 Å². The van der Waals surface area contributed by atoms with Gasteiger partial charge in [0.05, 0.1) is 5.70 Å². The van der Waals surface area contributed by atoms with E-state index in [1.807, 2.05) is 0 Å². The minimum Gasteiger partial charge on any atom is -0.508 e. The standard InChI is InChI=1S/C8H9NO2/c9-7-4-2-1-3-6(10)5-8(7)11/h1-5,10-11H,9H2. The lowest BCUT2D eigenvalue weighted by atomic mass is 10.2. The van der Waals surface area contributed by atoms with Crippen LogP contribution in [0.2, 0.25) is 0 Å². The highest BCUT2D eigenvalue weighted by atomic mass is 16.3. The first kappa shape index (κ1) is 7.47. The number of nitrogens with two attached hydrogens (primary N) is 1. The molecule has 0 amide bonds. The Morgan fingerprint density at radius 3 is 2.45 bits per heavy atom. The van der Waals surface area contributed by atoms with E-state index in [0.29, 0.717) is 0 Å². The molecule has 58 valence electrons. The Bertz CT molecular complexity index is 272. The molecule has 3 nitrogen and oxygen atoms in total. The number of allylic oxidation sites excluding steroid dienone is 5. The molecule has 0 aliphatic heterocycles. The second-order valence-electron chi connectivity index (χ2n) is 2.13. The molecule has 0 aromatic heterocycles. The number of aliphatic hydroxyl groups is 2. The Hall–Kier alpha value is -1.64. The van der Waals surface area contributed by atoms with Crippen LogP contribution in [0.15, 0.2) is 47.6 Å². The van der Waals surface area contributed by atoms with Crippen LogP contribution >= 0.6 is 0 Å². The Labute approximate surface area is 64.5 Å². The predicted molar refractivity (Wildman–Crippen MR) is 42.8 cm³/mol. The van der Waals surface area contributed by atoms with Crippen molar-refractivity contribution in [2.24, 2.45) is 5.73 Å². The first-order valence-corrected chi connectivity index (χ1v) is 3.14. The van der Waals surface area contributed by atoms with Crippen LogP contribution in [-0.2, 0) is 0 Å². The molecule has 4 N–H and O–H groups in total. The molecule has 1 aliphatic rings. The minimum absolute atomic E-state index is 0.0187. The number of hydrogen-bond acceptors (Lipinski definition) is 3. The van der Waals surface area contributed by atoms with E-state index >= 15 is 0 Å². The molecule has 0 unspecified atom stereocenters. The zero-order chi connectivity index (χ0) is 8.27. The fraction of sp³-hybridized carbons (Fsp3) is 0. The first-order valence-electron chi connectivity index (χ1n) is 3.14. The lowest BCUT2D eigenvalue weighted by molar-refractivity contribution is 0.398. The van der Waals surface area contributed by atoms with Gasteiger partial charge in [-0.3, -0.25) is 0 Å². The summed E-state index contributed by atoms with van der Waals surface area (Å²) >= 11 is 0. The second kappa shape index (κ2) is 2.96. The molecule has 0 aromatic carbocycles. The number of hydrogen-bond donors (Lipinski definition) is 3. The van der Waals surface area contributed by atoms with Crippen LogP contribution in [0.1, 0.15) is 0 Å². The summed E-state index contributed by atoms with van der Waals surface area (Å²) < 4.78 is 0. The van der Waals surface area contributed by atoms with E-state index in [0.717, 1.165) is 0 Å². The lowest BCUT2D eigenvalue weighted by Gasteiger charge is -2.00. The van der Waals surface area contributed by atoms with Crippen LogP contribution < -0.4 is 5.73 Å². The molecular formula is C8H9NO2. The Kier molecular flexibility index (Phi) is 2.01. The third-order valence-electron chi connectivity index (χ3n) is 1.23. The van der Waals surface area contributed by atoms with Crippen LogP contribution in [0.5, 0.6) is 0 Å². The van der Waals surface area contributed by atoms with Crippen molar-refractivity contribution < 1.29 is 10.2 Å². The molecule has 0 saturated carbocycles. The Balaban J connectivity index is 3.00. The average Bonchev–Trinajstić information content (AvgIpc) is 1.95. The summed E-state index contributed by atoms with van der Waals surface area (Å²) in [7, 11) is 0. The fourth-order valence-corrected chi connectivity index (χ4v) is 0.670. The molecule has 0 atom stereocenters. The van der Waals surface area contributed by atoms with Gasteiger partial charge in [0.25, 0.3) is 0 Å². The molecule has 0 heterocycles. The molecule has 3 heteroatoms. The first-order chi connectivity index (χ1) is 5.20. The molecule has 0 saturated heterocycles. The highest BCUT2D eigenvalue weighted by Gasteiger charge is 1.98. The van der Waals surface area contributed by atoms with E-state index in [2.05, 4.69) is 0 Å². The maximum absolute atomic E-state index is 9.09. The summed E-state index contributed by atoms with van der Waals surface area (Å²) in [4.78, 5) is 0. The molecule has 0 radical (unpaired) electrons. The van der Waals surface area contributed by atoms with E-state index in [-0.39, 0.29) is 17.2 Å². The van der Waals surface area contributed by atoms with Crippen LogP contribution in [0.4, 0.5) is 0 Å². The van der Waals surface area contributed by atoms with Crippen molar-refractivity contribution in [2.75, 3.05) is 0 Å². The molecule has 0 bridgehead atoms. The second-order valence-corrected chi connectivity index (χ2v) is 2.13. The minimum atomic E-state index is -0.122. The van der Waals surface area contributed by atoms with E-state index in [4.69, 9.17) is 15.9 Å². The van der Waals surface area contributed by atoms with Gasteiger partial charge in [0.15, 0.2) is 0 Å². The summed E-state index contributed by atoms with van der Waals surface area (Å²) in [5.41, 5.74) is 5.60. The van der Waals surface area contributed by atoms with Crippen LogP contribution in [0, 0.1) is 0 Å². The van der Waals surface area contributed by atoms with Gasteiger partial charge >= 0.3 is 0 Å². The van der Waals surface area contributed by atoms with Gasteiger partial charge in [0.2, 0.25) is 0 Å². The SMILES string of the molecule is NC1=CC=CC=C(O)C=C1O. The third kappa shape index (κ3) is 1.89. The predicted octanol–water partition coefficient (Wildman–Crippen LogP) is 1.28. The van der Waals surface area contributed by atoms with Gasteiger partial charge in [0.1, 0.15) is 11.5 Å². The molecule has 1 rings (SSSR count). The van der Waals surface area contributed by atoms with E-state index in [1.54, 1.807) is 18.2 Å². The summed E-state index contributed by atoms with van der Waals surface area (Å²) in [6, 6.07) is 0. The van der Waals surface area contributed by atoms with Crippen molar-refractivity contribution in [2.45, 2.75) is 0 Å². The normalized spacial score (nSPS) is 17.6. The van der Waals surface area contributed by atoms with E-state index < -0.39 is 0 Å². The zero-order valence-corrected chi connectivity index (χ0v) is 5.86. The summed E-state index contributed by atoms with van der Waals surface area (Å²) in [5.74, 6) is -0.141. The molecule has 1 aliphatic carbocycles. The summed E-state index contributed by atoms with van der Waals surface area (Å²) in [6.45, 7) is 0. The fourth-order valence-electron chi connectivity index (χ4n) is 0.670. The maximum Gasteiger partial charge on any atom is 0.142 e. The Morgan fingerprint density at radius 2 is 1.73 bits per heavy atom. The highest BCUT2D eigenvalue weighted by molar-refractivity contribution is 5.34. The van der Waals surface area contributed by atoms with Gasteiger partial charge in [-0.1, -0.05) is 12.2 Å². The number of aliphatic hydroxyl groups excluding tert-OH is 2. The van der Waals surface area contributed by atoms with Gasteiger partial charge in [-0.25, -0.2) is 0 Å².